The summed E-state index contributed by atoms with van der Waals surface area (Å²) in [6, 6.07) is 0. The summed E-state index contributed by atoms with van der Waals surface area (Å²) in [5, 5.41) is 18.8. The molecule has 0 aliphatic carbocycles. The zero-order valence-electron chi connectivity index (χ0n) is 6.66. The van der Waals surface area contributed by atoms with E-state index in [1.165, 1.54) is 0 Å². The van der Waals surface area contributed by atoms with Gasteiger partial charge in [0.1, 0.15) is 0 Å². The zero-order chi connectivity index (χ0) is 8.24. The first-order chi connectivity index (χ1) is 4.83. The molecule has 0 aliphatic heterocycles. The van der Waals surface area contributed by atoms with E-state index in [0.29, 0.717) is 12.8 Å². The molecule has 0 heterocycles. The van der Waals surface area contributed by atoms with E-state index in [4.69, 9.17) is 11.5 Å². The Balaban J connectivity index is -0.0000000457. The van der Waals surface area contributed by atoms with Gasteiger partial charge in [-0.05, 0) is 0 Å². The van der Waals surface area contributed by atoms with Gasteiger partial charge in [-0.2, -0.15) is 13.1 Å². The van der Waals surface area contributed by atoms with Gasteiger partial charge in [0.15, 0.2) is 0 Å². The molecule has 0 rings (SSSR count). The Morgan fingerprint density at radius 2 is 1.00 bits per heavy atom. The van der Waals surface area contributed by atoms with Crippen molar-refractivity contribution in [1.82, 2.24) is 0 Å². The van der Waals surface area contributed by atoms with E-state index in [0.717, 1.165) is 0 Å². The summed E-state index contributed by atoms with van der Waals surface area (Å²) in [6.45, 7) is 0.375. The van der Waals surface area contributed by atoms with Gasteiger partial charge in [0.25, 0.3) is 0 Å². The van der Waals surface area contributed by atoms with Crippen LogP contribution in [0.5, 0.6) is 0 Å². The topological polar surface area (TPSA) is 93.7 Å². The van der Waals surface area contributed by atoms with Gasteiger partial charge in [-0.1, -0.05) is 12.8 Å². The largest absolute Gasteiger partial charge is 2.00 e. The molecule has 0 fully saturated rings. The Labute approximate surface area is 95.0 Å². The van der Waals surface area contributed by atoms with Gasteiger partial charge < -0.3 is 21.7 Å². The van der Waals surface area contributed by atoms with Crippen LogP contribution in [0.3, 0.4) is 0 Å². The minimum Gasteiger partial charge on any atom is -0.854 e. The first-order valence-corrected chi connectivity index (χ1v) is 3.28. The van der Waals surface area contributed by atoms with E-state index in [2.05, 4.69) is 0 Å². The van der Waals surface area contributed by atoms with Crippen LogP contribution in [0.1, 0.15) is 12.8 Å². The first kappa shape index (κ1) is 23.1. The van der Waals surface area contributed by atoms with E-state index < -0.39 is 0 Å². The van der Waals surface area contributed by atoms with E-state index in [1.807, 2.05) is 0 Å². The Hall–Kier alpha value is 0.879. The zero-order valence-corrected chi connectivity index (χ0v) is 8.55. The molecule has 0 aliphatic rings. The van der Waals surface area contributed by atoms with Gasteiger partial charge in [0.05, 0.1) is 0 Å². The van der Waals surface area contributed by atoms with Crippen molar-refractivity contribution in [2.45, 2.75) is 12.8 Å². The van der Waals surface area contributed by atoms with Gasteiger partial charge >= 0.3 is 34.1 Å². The van der Waals surface area contributed by atoms with Crippen LogP contribution in [-0.2, 0) is 34.1 Å². The first-order valence-electron chi connectivity index (χ1n) is 3.28. The van der Waals surface area contributed by atoms with Crippen LogP contribution < -0.4 is 10.2 Å². The van der Waals surface area contributed by atoms with E-state index >= 15 is 0 Å². The average Bonchev–Trinajstić information content (AvgIpc) is 1.93. The Morgan fingerprint density at radius 3 is 1.00 bits per heavy atom. The second kappa shape index (κ2) is 29.7. The molecule has 0 aromatic rings. The van der Waals surface area contributed by atoms with Gasteiger partial charge in [0.2, 0.25) is 0 Å². The molecule has 0 atom stereocenters. The second-order valence-electron chi connectivity index (χ2n) is 1.62. The quantitative estimate of drug-likeness (QED) is 0.650. The molecule has 4 nitrogen and oxygen atoms in total. The summed E-state index contributed by atoms with van der Waals surface area (Å²) in [5.41, 5.74) is 12.8. The third kappa shape index (κ3) is 44.6. The van der Waals surface area contributed by atoms with Crippen molar-refractivity contribution in [2.24, 2.45) is 0 Å². The normalized spacial score (nSPS) is 7.00. The maximum absolute atomic E-state index is 9.41. The van der Waals surface area contributed by atoms with Crippen LogP contribution >= 0.6 is 0 Å². The SMILES string of the molecule is [Cu+2].[Cu+2].[NH-]CCC[O-].[NH-]CCC[O-]. The molecule has 6 heteroatoms. The van der Waals surface area contributed by atoms with Gasteiger partial charge in [-0.25, -0.2) is 0 Å². The third-order valence-corrected chi connectivity index (χ3v) is 0.642. The summed E-state index contributed by atoms with van der Waals surface area (Å²) < 4.78 is 0. The van der Waals surface area contributed by atoms with Gasteiger partial charge in [0, 0.05) is 0 Å². The molecular formula is C6H14Cu2N2O2. The Morgan fingerprint density at radius 1 is 0.750 bits per heavy atom. The standard InChI is InChI=1S/2C3H7NO.2Cu/c2*4-2-1-3-5;;/h2*4H,1-3H2;;/q2*-2;2*+2. The minimum absolute atomic E-state index is 0. The molecule has 2 radical (unpaired) electrons. The second-order valence-corrected chi connectivity index (χ2v) is 1.62. The molecule has 12 heavy (non-hydrogen) atoms. The molecule has 0 aromatic heterocycles. The van der Waals surface area contributed by atoms with Crippen LogP contribution in [0, 0.1) is 0 Å². The van der Waals surface area contributed by atoms with E-state index in [9.17, 15) is 10.2 Å². The van der Waals surface area contributed by atoms with Gasteiger partial charge in [-0.3, -0.25) is 0 Å². The van der Waals surface area contributed by atoms with Crippen molar-refractivity contribution in [1.29, 1.82) is 0 Å². The summed E-state index contributed by atoms with van der Waals surface area (Å²) >= 11 is 0. The van der Waals surface area contributed by atoms with Crippen molar-refractivity contribution in [2.75, 3.05) is 26.3 Å². The fraction of sp³-hybridized carbons (Fsp3) is 1.00. The predicted octanol–water partition coefficient (Wildman–Crippen LogP) is -0.427. The Bertz CT molecular complexity index is 42.5. The van der Waals surface area contributed by atoms with Crippen LogP contribution in [0.2, 0.25) is 0 Å². The molecule has 0 bridgehead atoms. The number of nitrogens with one attached hydrogen (secondary N) is 2. The summed E-state index contributed by atoms with van der Waals surface area (Å²) in [7, 11) is 0. The molecular weight excluding hydrogens is 259 g/mol. The van der Waals surface area contributed by atoms with Crippen LogP contribution in [0.25, 0.3) is 11.5 Å². The molecule has 0 amide bonds. The fourth-order valence-electron chi connectivity index (χ4n) is 0.144. The monoisotopic (exact) mass is 272 g/mol. The van der Waals surface area contributed by atoms with Crippen LogP contribution in [-0.4, -0.2) is 26.3 Å². The number of rotatable bonds is 4. The van der Waals surface area contributed by atoms with Crippen LogP contribution in [0.15, 0.2) is 0 Å². The summed E-state index contributed by atoms with van der Waals surface area (Å²) in [5.74, 6) is 0. The van der Waals surface area contributed by atoms with Crippen molar-refractivity contribution >= 4 is 0 Å². The maximum atomic E-state index is 9.41. The van der Waals surface area contributed by atoms with Crippen molar-refractivity contribution in [3.8, 4) is 0 Å². The summed E-state index contributed by atoms with van der Waals surface area (Å²) in [6.07, 6.45) is 1.00. The Kier molecular flexibility index (Phi) is 57.1. The van der Waals surface area contributed by atoms with E-state index in [1.54, 1.807) is 0 Å². The minimum atomic E-state index is -0.0938. The van der Waals surface area contributed by atoms with Crippen LogP contribution in [0.4, 0.5) is 0 Å². The molecule has 0 saturated carbocycles. The fourth-order valence-corrected chi connectivity index (χ4v) is 0.144. The average molecular weight is 273 g/mol. The molecule has 0 spiro atoms. The molecule has 82 valence electrons. The molecule has 2 N–H and O–H groups in total. The number of hydrogen-bond acceptors (Lipinski definition) is 2. The molecule has 0 unspecified atom stereocenters. The molecule has 0 saturated heterocycles. The van der Waals surface area contributed by atoms with Crippen molar-refractivity contribution in [3.63, 3.8) is 0 Å². The van der Waals surface area contributed by atoms with Crippen molar-refractivity contribution in [3.05, 3.63) is 11.5 Å². The summed E-state index contributed by atoms with van der Waals surface area (Å²) in [4.78, 5) is 0. The molecule has 0 aromatic carbocycles. The maximum Gasteiger partial charge on any atom is 2.00 e. The van der Waals surface area contributed by atoms with E-state index in [-0.39, 0.29) is 60.4 Å². The number of hydrogen-bond donors (Lipinski definition) is 0. The predicted molar refractivity (Wildman–Crippen MR) is 37.3 cm³/mol. The third-order valence-electron chi connectivity index (χ3n) is 0.642. The van der Waals surface area contributed by atoms with Crippen molar-refractivity contribution < 1.29 is 44.4 Å². The van der Waals surface area contributed by atoms with Gasteiger partial charge in [-0.15, -0.1) is 13.2 Å². The smallest absolute Gasteiger partial charge is 0.854 e.